The van der Waals surface area contributed by atoms with Crippen LogP contribution in [-0.2, 0) is 17.6 Å². The molecule has 0 spiro atoms. The highest BCUT2D eigenvalue weighted by atomic mass is 16.6. The molecular weight excluding hydrogens is 240 g/mol. The van der Waals surface area contributed by atoms with E-state index >= 15 is 0 Å². The molecule has 100 valence electrons. The van der Waals surface area contributed by atoms with Crippen LogP contribution in [0.4, 0.5) is 4.79 Å². The van der Waals surface area contributed by atoms with E-state index in [1.807, 2.05) is 32.9 Å². The molecule has 1 unspecified atom stereocenters. The van der Waals surface area contributed by atoms with E-state index in [2.05, 4.69) is 11.4 Å². The van der Waals surface area contributed by atoms with Gasteiger partial charge in [0.15, 0.2) is 0 Å². The van der Waals surface area contributed by atoms with Crippen molar-refractivity contribution in [3.8, 4) is 6.07 Å². The van der Waals surface area contributed by atoms with Crippen molar-refractivity contribution in [2.45, 2.75) is 45.3 Å². The van der Waals surface area contributed by atoms with Crippen molar-refractivity contribution >= 4 is 6.09 Å². The summed E-state index contributed by atoms with van der Waals surface area (Å²) >= 11 is 0. The van der Waals surface area contributed by atoms with Crippen molar-refractivity contribution in [3.05, 3.63) is 34.9 Å². The lowest BCUT2D eigenvalue weighted by Gasteiger charge is -2.21. The van der Waals surface area contributed by atoms with Gasteiger partial charge in [-0.2, -0.15) is 5.26 Å². The molecular formula is C15H18N2O2. The average molecular weight is 258 g/mol. The molecule has 1 atom stereocenters. The largest absolute Gasteiger partial charge is 0.446 e. The van der Waals surface area contributed by atoms with Crippen molar-refractivity contribution in [1.29, 1.82) is 5.26 Å². The van der Waals surface area contributed by atoms with Crippen molar-refractivity contribution < 1.29 is 9.53 Å². The monoisotopic (exact) mass is 258 g/mol. The fourth-order valence-corrected chi connectivity index (χ4v) is 2.22. The molecule has 0 bridgehead atoms. The van der Waals surface area contributed by atoms with Crippen LogP contribution in [-0.4, -0.2) is 17.7 Å². The molecule has 0 heterocycles. The highest BCUT2D eigenvalue weighted by Gasteiger charge is 2.26. The van der Waals surface area contributed by atoms with E-state index < -0.39 is 0 Å². The zero-order valence-electron chi connectivity index (χ0n) is 11.5. The Morgan fingerprint density at radius 2 is 2.05 bits per heavy atom. The number of nitrogens with zero attached hydrogens (tertiary/aromatic N) is 1. The summed E-state index contributed by atoms with van der Waals surface area (Å²) in [5.74, 6) is 0. The summed E-state index contributed by atoms with van der Waals surface area (Å²) in [6.45, 7) is 5.74. The Kier molecular flexibility index (Phi) is 3.48. The minimum absolute atomic E-state index is 0.133. The molecule has 19 heavy (non-hydrogen) atoms. The third-order valence-corrected chi connectivity index (χ3v) is 2.98. The van der Waals surface area contributed by atoms with Crippen LogP contribution in [0.3, 0.4) is 0 Å². The van der Waals surface area contributed by atoms with Crippen LogP contribution in [0.5, 0.6) is 0 Å². The Hall–Kier alpha value is -2.02. The molecule has 0 fully saturated rings. The van der Waals surface area contributed by atoms with Gasteiger partial charge in [-0.15, -0.1) is 0 Å². The third kappa shape index (κ3) is 3.47. The van der Waals surface area contributed by atoms with Gasteiger partial charge in [0.1, 0.15) is 6.10 Å². The molecule has 2 rings (SSSR count). The van der Waals surface area contributed by atoms with Gasteiger partial charge in [0, 0.05) is 18.4 Å². The number of rotatable bonds is 1. The standard InChI is InChI=1S/C15H18N2O2/c1-15(2,3)17-14(18)19-13-7-11-5-4-10(9-16)6-12(11)8-13/h4-6,13H,7-8H2,1-3H3,(H,17,18). The van der Waals surface area contributed by atoms with Gasteiger partial charge in [-0.05, 0) is 44.0 Å². The van der Waals surface area contributed by atoms with E-state index in [4.69, 9.17) is 10.00 Å². The summed E-state index contributed by atoms with van der Waals surface area (Å²) < 4.78 is 5.41. The minimum Gasteiger partial charge on any atom is -0.446 e. The van der Waals surface area contributed by atoms with Gasteiger partial charge in [0.05, 0.1) is 11.6 Å². The maximum atomic E-state index is 11.7. The number of carbonyl (C=O) groups is 1. The van der Waals surface area contributed by atoms with E-state index in [-0.39, 0.29) is 17.7 Å². The second-order valence-corrected chi connectivity index (χ2v) is 5.91. The minimum atomic E-state index is -0.384. The zero-order chi connectivity index (χ0) is 14.0. The number of hydrogen-bond acceptors (Lipinski definition) is 3. The van der Waals surface area contributed by atoms with Crippen molar-refractivity contribution in [2.24, 2.45) is 0 Å². The van der Waals surface area contributed by atoms with E-state index in [1.165, 1.54) is 0 Å². The van der Waals surface area contributed by atoms with Gasteiger partial charge in [-0.25, -0.2) is 4.79 Å². The molecule has 1 N–H and O–H groups in total. The molecule has 4 nitrogen and oxygen atoms in total. The number of hydrogen-bond donors (Lipinski definition) is 1. The van der Waals surface area contributed by atoms with Crippen LogP contribution in [0.1, 0.15) is 37.5 Å². The Bertz CT molecular complexity index is 538. The van der Waals surface area contributed by atoms with Gasteiger partial charge >= 0.3 is 6.09 Å². The van der Waals surface area contributed by atoms with Gasteiger partial charge < -0.3 is 10.1 Å². The summed E-state index contributed by atoms with van der Waals surface area (Å²) in [6.07, 6.45) is 0.887. The lowest BCUT2D eigenvalue weighted by Crippen LogP contribution is -2.42. The SMILES string of the molecule is CC(C)(C)NC(=O)OC1Cc2ccc(C#N)cc2C1. The fraction of sp³-hybridized carbons (Fsp3) is 0.467. The first kappa shape index (κ1) is 13.4. The number of fused-ring (bicyclic) bond motifs is 1. The molecule has 0 saturated heterocycles. The topological polar surface area (TPSA) is 62.1 Å². The summed E-state index contributed by atoms with van der Waals surface area (Å²) in [7, 11) is 0. The van der Waals surface area contributed by atoms with Crippen molar-refractivity contribution in [1.82, 2.24) is 5.32 Å². The van der Waals surface area contributed by atoms with Gasteiger partial charge in [0.25, 0.3) is 0 Å². The van der Waals surface area contributed by atoms with Crippen LogP contribution in [0, 0.1) is 11.3 Å². The first-order chi connectivity index (χ1) is 8.87. The Morgan fingerprint density at radius 3 is 2.68 bits per heavy atom. The van der Waals surface area contributed by atoms with Crippen molar-refractivity contribution in [2.75, 3.05) is 0 Å². The highest BCUT2D eigenvalue weighted by Crippen LogP contribution is 2.25. The van der Waals surface area contributed by atoms with Gasteiger partial charge in [0.2, 0.25) is 0 Å². The van der Waals surface area contributed by atoms with E-state index in [1.54, 1.807) is 6.07 Å². The number of nitrogens with one attached hydrogen (secondary N) is 1. The van der Waals surface area contributed by atoms with E-state index in [0.717, 1.165) is 17.5 Å². The maximum Gasteiger partial charge on any atom is 0.407 e. The molecule has 4 heteroatoms. The number of benzene rings is 1. The number of amides is 1. The van der Waals surface area contributed by atoms with E-state index in [9.17, 15) is 4.79 Å². The molecule has 0 saturated carbocycles. The number of ether oxygens (including phenoxy) is 1. The molecule has 0 radical (unpaired) electrons. The van der Waals surface area contributed by atoms with Crippen LogP contribution in [0.25, 0.3) is 0 Å². The summed E-state index contributed by atoms with van der Waals surface area (Å²) in [4.78, 5) is 11.7. The molecule has 1 amide bonds. The predicted octanol–water partition coefficient (Wildman–Crippen LogP) is 2.55. The zero-order valence-corrected chi connectivity index (χ0v) is 11.5. The summed E-state index contributed by atoms with van der Waals surface area (Å²) in [5.41, 5.74) is 2.62. The smallest absolute Gasteiger partial charge is 0.407 e. The Balaban J connectivity index is 1.97. The molecule has 0 aliphatic heterocycles. The van der Waals surface area contributed by atoms with Gasteiger partial charge in [-0.3, -0.25) is 0 Å². The molecule has 1 aromatic rings. The third-order valence-electron chi connectivity index (χ3n) is 2.98. The number of carbonyl (C=O) groups excluding carboxylic acids is 1. The van der Waals surface area contributed by atoms with E-state index in [0.29, 0.717) is 12.0 Å². The first-order valence-corrected chi connectivity index (χ1v) is 6.38. The van der Waals surface area contributed by atoms with Crippen LogP contribution in [0.15, 0.2) is 18.2 Å². The normalized spacial score (nSPS) is 17.5. The summed E-state index contributed by atoms with van der Waals surface area (Å²) in [5, 5.41) is 11.6. The maximum absolute atomic E-state index is 11.7. The van der Waals surface area contributed by atoms with Crippen molar-refractivity contribution in [3.63, 3.8) is 0 Å². The van der Waals surface area contributed by atoms with Crippen LogP contribution < -0.4 is 5.32 Å². The fourth-order valence-electron chi connectivity index (χ4n) is 2.22. The summed E-state index contributed by atoms with van der Waals surface area (Å²) in [6, 6.07) is 7.74. The first-order valence-electron chi connectivity index (χ1n) is 6.38. The second-order valence-electron chi connectivity index (χ2n) is 5.91. The Morgan fingerprint density at radius 1 is 1.37 bits per heavy atom. The quantitative estimate of drug-likeness (QED) is 0.842. The molecule has 1 aliphatic carbocycles. The predicted molar refractivity (Wildman–Crippen MR) is 71.7 cm³/mol. The number of nitriles is 1. The van der Waals surface area contributed by atoms with Gasteiger partial charge in [-0.1, -0.05) is 6.07 Å². The average Bonchev–Trinajstić information content (AvgIpc) is 2.66. The lowest BCUT2D eigenvalue weighted by molar-refractivity contribution is 0.0961. The molecule has 0 aromatic heterocycles. The lowest BCUT2D eigenvalue weighted by atomic mass is 10.1. The second kappa shape index (κ2) is 4.93. The highest BCUT2D eigenvalue weighted by molar-refractivity contribution is 5.68. The van der Waals surface area contributed by atoms with Crippen LogP contribution in [0.2, 0.25) is 0 Å². The Labute approximate surface area is 113 Å². The molecule has 1 aliphatic rings. The van der Waals surface area contributed by atoms with Crippen LogP contribution >= 0.6 is 0 Å². The number of alkyl carbamates (subject to hydrolysis) is 1. The molecule has 1 aromatic carbocycles.